The number of halogens is 1. The summed E-state index contributed by atoms with van der Waals surface area (Å²) in [5.74, 6) is 1.39. The van der Waals surface area contributed by atoms with Crippen molar-refractivity contribution in [1.82, 2.24) is 5.32 Å². The molecule has 4 aliphatic carbocycles. The predicted octanol–water partition coefficient (Wildman–Crippen LogP) is 4.79. The molecule has 0 saturated heterocycles. The van der Waals surface area contributed by atoms with Crippen molar-refractivity contribution in [3.8, 4) is 0 Å². The van der Waals surface area contributed by atoms with E-state index in [1.54, 1.807) is 0 Å². The molecule has 28 heavy (non-hydrogen) atoms. The first-order valence-corrected chi connectivity index (χ1v) is 11.3. The zero-order valence-corrected chi connectivity index (χ0v) is 18.7. The third kappa shape index (κ3) is 4.00. The Bertz CT molecular complexity index is 782. The highest BCUT2D eigenvalue weighted by Gasteiger charge is 2.57. The van der Waals surface area contributed by atoms with Gasteiger partial charge in [0.2, 0.25) is 11.8 Å². The molecular formula is C23H31BrN2O2. The SMILES string of the molecule is Cc1cc(C)c(NC(=O)CNC(=O)CC23CC4CC(CC(Br)(C4)C2)C3)c(C)c1. The number of aryl methyl sites for hydroxylation is 3. The summed E-state index contributed by atoms with van der Waals surface area (Å²) in [6.45, 7) is 6.08. The highest BCUT2D eigenvalue weighted by Crippen LogP contribution is 2.65. The van der Waals surface area contributed by atoms with Gasteiger partial charge in [-0.15, -0.1) is 0 Å². The number of anilines is 1. The molecule has 152 valence electrons. The zero-order valence-electron chi connectivity index (χ0n) is 17.2. The molecule has 2 amide bonds. The van der Waals surface area contributed by atoms with E-state index < -0.39 is 0 Å². The highest BCUT2D eigenvalue weighted by molar-refractivity contribution is 9.10. The number of benzene rings is 1. The van der Waals surface area contributed by atoms with Gasteiger partial charge < -0.3 is 10.6 Å². The van der Waals surface area contributed by atoms with Gasteiger partial charge in [-0.25, -0.2) is 0 Å². The lowest BCUT2D eigenvalue weighted by atomic mass is 9.48. The summed E-state index contributed by atoms with van der Waals surface area (Å²) >= 11 is 4.00. The molecule has 4 bridgehead atoms. The van der Waals surface area contributed by atoms with Gasteiger partial charge >= 0.3 is 0 Å². The van der Waals surface area contributed by atoms with Gasteiger partial charge in [0.1, 0.15) is 0 Å². The lowest BCUT2D eigenvalue weighted by Gasteiger charge is -2.60. The fourth-order valence-electron chi connectivity index (χ4n) is 6.69. The van der Waals surface area contributed by atoms with Crippen molar-refractivity contribution in [3.63, 3.8) is 0 Å². The van der Waals surface area contributed by atoms with Crippen LogP contribution < -0.4 is 10.6 Å². The van der Waals surface area contributed by atoms with Crippen molar-refractivity contribution in [1.29, 1.82) is 0 Å². The van der Waals surface area contributed by atoms with Gasteiger partial charge in [-0.3, -0.25) is 9.59 Å². The van der Waals surface area contributed by atoms with E-state index in [2.05, 4.69) is 38.7 Å². The Morgan fingerprint density at radius 2 is 1.64 bits per heavy atom. The third-order valence-electron chi connectivity index (χ3n) is 7.03. The van der Waals surface area contributed by atoms with Crippen LogP contribution >= 0.6 is 15.9 Å². The molecule has 4 saturated carbocycles. The zero-order chi connectivity index (χ0) is 20.1. The number of nitrogens with one attached hydrogen (secondary N) is 2. The van der Waals surface area contributed by atoms with Crippen molar-refractivity contribution in [2.75, 3.05) is 11.9 Å². The largest absolute Gasteiger partial charge is 0.347 e. The van der Waals surface area contributed by atoms with Gasteiger partial charge in [0.25, 0.3) is 0 Å². The number of amides is 2. The summed E-state index contributed by atoms with van der Waals surface area (Å²) in [4.78, 5) is 25.0. The van der Waals surface area contributed by atoms with Gasteiger partial charge in [-0.05, 0) is 87.7 Å². The summed E-state index contributed by atoms with van der Waals surface area (Å²) in [6, 6.07) is 4.12. The number of hydrogen-bond donors (Lipinski definition) is 2. The first kappa shape index (κ1) is 19.9. The molecule has 0 radical (unpaired) electrons. The molecule has 2 atom stereocenters. The minimum absolute atomic E-state index is 0.0190. The van der Waals surface area contributed by atoms with E-state index in [1.807, 2.05) is 20.8 Å². The van der Waals surface area contributed by atoms with Crippen molar-refractivity contribution in [3.05, 3.63) is 28.8 Å². The average molecular weight is 447 g/mol. The molecule has 4 aliphatic rings. The van der Waals surface area contributed by atoms with Crippen LogP contribution in [-0.2, 0) is 9.59 Å². The van der Waals surface area contributed by atoms with Gasteiger partial charge in [0, 0.05) is 16.4 Å². The first-order valence-electron chi connectivity index (χ1n) is 10.5. The van der Waals surface area contributed by atoms with Crippen LogP contribution in [0, 0.1) is 38.0 Å². The molecule has 4 nitrogen and oxygen atoms in total. The highest BCUT2D eigenvalue weighted by atomic mass is 79.9. The van der Waals surface area contributed by atoms with Crippen molar-refractivity contribution < 1.29 is 9.59 Å². The van der Waals surface area contributed by atoms with Crippen molar-refractivity contribution in [2.24, 2.45) is 17.3 Å². The molecule has 0 aliphatic heterocycles. The minimum atomic E-state index is -0.161. The van der Waals surface area contributed by atoms with Crippen LogP contribution in [0.2, 0.25) is 0 Å². The summed E-state index contributed by atoms with van der Waals surface area (Å²) < 4.78 is 0.259. The maximum atomic E-state index is 12.7. The van der Waals surface area contributed by atoms with Gasteiger partial charge in [0.15, 0.2) is 0 Å². The average Bonchev–Trinajstić information content (AvgIpc) is 2.53. The lowest BCUT2D eigenvalue weighted by Crippen LogP contribution is -2.54. The monoisotopic (exact) mass is 446 g/mol. The van der Waals surface area contributed by atoms with Crippen LogP contribution in [0.25, 0.3) is 0 Å². The van der Waals surface area contributed by atoms with Gasteiger partial charge in [-0.2, -0.15) is 0 Å². The molecule has 1 aromatic carbocycles. The second-order valence-corrected chi connectivity index (χ2v) is 11.6. The quantitative estimate of drug-likeness (QED) is 0.638. The Hall–Kier alpha value is -1.36. The molecule has 0 heterocycles. The number of alkyl halides is 1. The molecule has 5 rings (SSSR count). The number of carbonyl (C=O) groups excluding carboxylic acids is 2. The molecule has 2 unspecified atom stereocenters. The van der Waals surface area contributed by atoms with E-state index in [-0.39, 0.29) is 28.1 Å². The van der Waals surface area contributed by atoms with Crippen LogP contribution in [0.1, 0.15) is 61.6 Å². The topological polar surface area (TPSA) is 58.2 Å². The number of carbonyl (C=O) groups is 2. The number of hydrogen-bond acceptors (Lipinski definition) is 2. The first-order chi connectivity index (χ1) is 13.2. The van der Waals surface area contributed by atoms with E-state index in [4.69, 9.17) is 0 Å². The smallest absolute Gasteiger partial charge is 0.243 e. The normalized spacial score (nSPS) is 33.0. The van der Waals surface area contributed by atoms with E-state index in [9.17, 15) is 9.59 Å². The van der Waals surface area contributed by atoms with Crippen molar-refractivity contribution >= 4 is 33.4 Å². The Labute approximate surface area is 176 Å². The Morgan fingerprint density at radius 1 is 1.04 bits per heavy atom. The predicted molar refractivity (Wildman–Crippen MR) is 116 cm³/mol. The molecule has 0 aromatic heterocycles. The Morgan fingerprint density at radius 3 is 2.21 bits per heavy atom. The van der Waals surface area contributed by atoms with E-state index >= 15 is 0 Å². The van der Waals surface area contributed by atoms with Crippen LogP contribution in [0.15, 0.2) is 12.1 Å². The maximum Gasteiger partial charge on any atom is 0.243 e. The van der Waals surface area contributed by atoms with E-state index in [0.717, 1.165) is 35.1 Å². The van der Waals surface area contributed by atoms with Gasteiger partial charge in [0.05, 0.1) is 6.54 Å². The van der Waals surface area contributed by atoms with E-state index in [1.165, 1.54) is 37.7 Å². The summed E-state index contributed by atoms with van der Waals surface area (Å²) in [7, 11) is 0. The summed E-state index contributed by atoms with van der Waals surface area (Å²) in [6.07, 6.45) is 7.90. The van der Waals surface area contributed by atoms with Crippen LogP contribution in [0.3, 0.4) is 0 Å². The maximum absolute atomic E-state index is 12.7. The number of rotatable bonds is 5. The fourth-order valence-corrected chi connectivity index (χ4v) is 8.20. The summed E-state index contributed by atoms with van der Waals surface area (Å²) in [5, 5.41) is 5.84. The Balaban J connectivity index is 1.32. The van der Waals surface area contributed by atoms with Crippen molar-refractivity contribution in [2.45, 2.75) is 70.0 Å². The molecular weight excluding hydrogens is 416 g/mol. The second kappa shape index (κ2) is 7.16. The van der Waals surface area contributed by atoms with Crippen LogP contribution in [0.5, 0.6) is 0 Å². The van der Waals surface area contributed by atoms with Crippen LogP contribution in [0.4, 0.5) is 5.69 Å². The molecule has 5 heteroatoms. The lowest BCUT2D eigenvalue weighted by molar-refractivity contribution is -0.130. The van der Waals surface area contributed by atoms with E-state index in [0.29, 0.717) is 6.42 Å². The molecule has 4 fully saturated rings. The molecule has 0 spiro atoms. The third-order valence-corrected chi connectivity index (χ3v) is 7.96. The standard InChI is InChI=1S/C23H31BrN2O2/c1-14-4-15(2)21(16(3)5-14)26-20(28)12-25-19(27)11-22-7-17-6-18(8-22)10-23(24,9-17)13-22/h4-5,17-18H,6-13H2,1-3H3,(H,25,27)(H,26,28). The fraction of sp³-hybridized carbons (Fsp3) is 0.652. The second-order valence-electron chi connectivity index (χ2n) is 9.89. The van der Waals surface area contributed by atoms with Gasteiger partial charge in [-0.1, -0.05) is 33.6 Å². The summed E-state index contributed by atoms with van der Waals surface area (Å²) in [5.41, 5.74) is 4.27. The Kier molecular flexibility index (Phi) is 5.09. The van der Waals surface area contributed by atoms with Crippen LogP contribution in [-0.4, -0.2) is 22.7 Å². The molecule has 2 N–H and O–H groups in total. The molecule has 1 aromatic rings. The minimum Gasteiger partial charge on any atom is -0.347 e.